The fraction of sp³-hybridized carbons (Fsp3) is 0.500. The van der Waals surface area contributed by atoms with Crippen molar-refractivity contribution in [3.05, 3.63) is 24.3 Å². The second kappa shape index (κ2) is 1.48. The van der Waals surface area contributed by atoms with Gasteiger partial charge in [-0.25, -0.2) is 0 Å². The molecule has 0 spiro atoms. The first-order valence-electron chi connectivity index (χ1n) is 3.32. The zero-order chi connectivity index (χ0) is 5.40. The van der Waals surface area contributed by atoms with E-state index in [-0.39, 0.29) is 0 Å². The van der Waals surface area contributed by atoms with Crippen LogP contribution in [-0.2, 0) is 0 Å². The van der Waals surface area contributed by atoms with Gasteiger partial charge >= 0.3 is 0 Å². The maximum Gasteiger partial charge on any atom is -0.00527 e. The zero-order valence-electron chi connectivity index (χ0n) is 4.88. The van der Waals surface area contributed by atoms with Gasteiger partial charge in [0.2, 0.25) is 0 Å². The van der Waals surface area contributed by atoms with E-state index >= 15 is 0 Å². The van der Waals surface area contributed by atoms with Crippen molar-refractivity contribution in [3.63, 3.8) is 0 Å². The third-order valence-electron chi connectivity index (χ3n) is 2.04. The molecule has 0 saturated carbocycles. The van der Waals surface area contributed by atoms with Crippen molar-refractivity contribution in [1.82, 2.24) is 0 Å². The summed E-state index contributed by atoms with van der Waals surface area (Å²) >= 11 is 0. The Labute approximate surface area is 49.9 Å². The van der Waals surface area contributed by atoms with E-state index in [0.717, 1.165) is 11.8 Å². The van der Waals surface area contributed by atoms with E-state index in [4.69, 9.17) is 0 Å². The summed E-state index contributed by atoms with van der Waals surface area (Å²) < 4.78 is 0. The highest BCUT2D eigenvalue weighted by Gasteiger charge is 2.15. The van der Waals surface area contributed by atoms with Gasteiger partial charge in [-0.1, -0.05) is 24.3 Å². The standard InChI is InChI=1S/C8H10/c1-2-8-5-3-7(1)4-6-8/h1-3,5,7-8H,4,6H2/t7-,8-. The van der Waals surface area contributed by atoms with Crippen molar-refractivity contribution < 1.29 is 0 Å². The summed E-state index contributed by atoms with van der Waals surface area (Å²) in [6.45, 7) is 0. The van der Waals surface area contributed by atoms with Crippen LogP contribution in [0.2, 0.25) is 0 Å². The van der Waals surface area contributed by atoms with E-state index in [9.17, 15) is 0 Å². The van der Waals surface area contributed by atoms with Gasteiger partial charge < -0.3 is 0 Å². The Hall–Kier alpha value is -0.520. The van der Waals surface area contributed by atoms with E-state index in [1.807, 2.05) is 0 Å². The van der Waals surface area contributed by atoms with Gasteiger partial charge in [0, 0.05) is 0 Å². The molecule has 0 aromatic rings. The number of allylic oxidation sites excluding steroid dienone is 4. The molecule has 0 heterocycles. The molecule has 3 aliphatic carbocycles. The average molecular weight is 106 g/mol. The van der Waals surface area contributed by atoms with Gasteiger partial charge in [0.15, 0.2) is 0 Å². The molecule has 0 amide bonds. The maximum atomic E-state index is 2.33. The lowest BCUT2D eigenvalue weighted by Crippen LogP contribution is -2.10. The third kappa shape index (κ3) is 0.525. The Morgan fingerprint density at radius 1 is 0.750 bits per heavy atom. The molecule has 0 N–H and O–H groups in total. The highest BCUT2D eigenvalue weighted by molar-refractivity contribution is 5.17. The zero-order valence-corrected chi connectivity index (χ0v) is 4.88. The SMILES string of the molecule is C1=C[C@H]2C=C[C@H]1CC2. The summed E-state index contributed by atoms with van der Waals surface area (Å²) in [5.41, 5.74) is 0. The Kier molecular flexibility index (Phi) is 0.806. The number of rotatable bonds is 0. The summed E-state index contributed by atoms with van der Waals surface area (Å²) in [5, 5.41) is 0. The molecule has 2 bridgehead atoms. The highest BCUT2D eigenvalue weighted by atomic mass is 14.2. The van der Waals surface area contributed by atoms with E-state index in [2.05, 4.69) is 24.3 Å². The van der Waals surface area contributed by atoms with Crippen LogP contribution in [0.5, 0.6) is 0 Å². The lowest BCUT2D eigenvalue weighted by molar-refractivity contribution is 0.530. The van der Waals surface area contributed by atoms with Gasteiger partial charge in [0.25, 0.3) is 0 Å². The van der Waals surface area contributed by atoms with Gasteiger partial charge in [0.05, 0.1) is 0 Å². The van der Waals surface area contributed by atoms with Crippen molar-refractivity contribution in [2.75, 3.05) is 0 Å². The van der Waals surface area contributed by atoms with Crippen LogP contribution in [0, 0.1) is 11.8 Å². The first-order valence-corrected chi connectivity index (χ1v) is 3.32. The van der Waals surface area contributed by atoms with Crippen molar-refractivity contribution in [3.8, 4) is 0 Å². The van der Waals surface area contributed by atoms with Crippen molar-refractivity contribution >= 4 is 0 Å². The van der Waals surface area contributed by atoms with Gasteiger partial charge in [0.1, 0.15) is 0 Å². The lowest BCUT2D eigenvalue weighted by atomic mass is 9.82. The van der Waals surface area contributed by atoms with Gasteiger partial charge in [-0.05, 0) is 24.7 Å². The molecule has 0 unspecified atom stereocenters. The first-order chi connectivity index (χ1) is 3.95. The van der Waals surface area contributed by atoms with Crippen LogP contribution < -0.4 is 0 Å². The van der Waals surface area contributed by atoms with Crippen LogP contribution in [0.1, 0.15) is 12.8 Å². The number of hydrogen-bond donors (Lipinski definition) is 0. The van der Waals surface area contributed by atoms with Crippen molar-refractivity contribution in [2.24, 2.45) is 11.8 Å². The minimum Gasteiger partial charge on any atom is -0.0810 e. The van der Waals surface area contributed by atoms with Crippen LogP contribution in [0.15, 0.2) is 24.3 Å². The van der Waals surface area contributed by atoms with E-state index in [1.54, 1.807) is 0 Å². The van der Waals surface area contributed by atoms with E-state index < -0.39 is 0 Å². The van der Waals surface area contributed by atoms with Gasteiger partial charge in [-0.2, -0.15) is 0 Å². The van der Waals surface area contributed by atoms with Crippen LogP contribution >= 0.6 is 0 Å². The number of hydrogen-bond acceptors (Lipinski definition) is 0. The fourth-order valence-corrected chi connectivity index (χ4v) is 1.47. The molecule has 0 saturated heterocycles. The molecule has 0 fully saturated rings. The molecule has 42 valence electrons. The molecule has 0 atom stereocenters. The van der Waals surface area contributed by atoms with Crippen LogP contribution in [0.25, 0.3) is 0 Å². The van der Waals surface area contributed by atoms with Crippen molar-refractivity contribution in [1.29, 1.82) is 0 Å². The maximum absolute atomic E-state index is 2.33. The minimum atomic E-state index is 0.792. The summed E-state index contributed by atoms with van der Waals surface area (Å²) in [5.74, 6) is 1.58. The Balaban J connectivity index is 2.31. The quantitative estimate of drug-likeness (QED) is 0.415. The molecule has 0 aliphatic heterocycles. The first kappa shape index (κ1) is 4.37. The lowest BCUT2D eigenvalue weighted by Gasteiger charge is -2.23. The summed E-state index contributed by atoms with van der Waals surface area (Å²) in [6, 6.07) is 0. The Morgan fingerprint density at radius 3 is 1.25 bits per heavy atom. The molecule has 0 heteroatoms. The molecule has 3 aliphatic rings. The van der Waals surface area contributed by atoms with E-state index in [1.165, 1.54) is 12.8 Å². The van der Waals surface area contributed by atoms with Crippen LogP contribution in [0.4, 0.5) is 0 Å². The Morgan fingerprint density at radius 2 is 1.12 bits per heavy atom. The predicted octanol–water partition coefficient (Wildman–Crippen LogP) is 2.14. The van der Waals surface area contributed by atoms with Crippen LogP contribution in [0.3, 0.4) is 0 Å². The average Bonchev–Trinajstić information content (AvgIpc) is 1.92. The minimum absolute atomic E-state index is 0.792. The molecular weight excluding hydrogens is 96.1 g/mol. The number of fused-ring (bicyclic) bond motifs is 1. The second-order valence-electron chi connectivity index (χ2n) is 2.67. The fourth-order valence-electron chi connectivity index (χ4n) is 1.47. The topological polar surface area (TPSA) is 0 Å². The Bertz CT molecular complexity index is 112. The highest BCUT2D eigenvalue weighted by Crippen LogP contribution is 2.29. The van der Waals surface area contributed by atoms with Gasteiger partial charge in [-0.15, -0.1) is 0 Å². The smallest absolute Gasteiger partial charge is 0.00527 e. The van der Waals surface area contributed by atoms with E-state index in [0.29, 0.717) is 0 Å². The molecule has 0 aromatic carbocycles. The molecule has 0 radical (unpaired) electrons. The monoisotopic (exact) mass is 106 g/mol. The molecule has 0 nitrogen and oxygen atoms in total. The van der Waals surface area contributed by atoms with Crippen LogP contribution in [-0.4, -0.2) is 0 Å². The predicted molar refractivity (Wildman–Crippen MR) is 34.5 cm³/mol. The molecule has 3 rings (SSSR count). The summed E-state index contributed by atoms with van der Waals surface area (Å²) in [7, 11) is 0. The summed E-state index contributed by atoms with van der Waals surface area (Å²) in [6.07, 6.45) is 12.1. The summed E-state index contributed by atoms with van der Waals surface area (Å²) in [4.78, 5) is 0. The normalized spacial score (nSPS) is 41.0. The van der Waals surface area contributed by atoms with Gasteiger partial charge in [-0.3, -0.25) is 0 Å². The van der Waals surface area contributed by atoms with Crippen molar-refractivity contribution in [2.45, 2.75) is 12.8 Å². The molecular formula is C8H10. The second-order valence-corrected chi connectivity index (χ2v) is 2.67. The third-order valence-corrected chi connectivity index (χ3v) is 2.04. The molecule has 0 aromatic heterocycles. The molecule has 8 heavy (non-hydrogen) atoms. The largest absolute Gasteiger partial charge is 0.0810 e.